The molecule has 7 rings (SSSR count). The summed E-state index contributed by atoms with van der Waals surface area (Å²) in [7, 11) is 0. The molecule has 2 aliphatic heterocycles. The maximum Gasteiger partial charge on any atom is 0.226 e. The van der Waals surface area contributed by atoms with Gasteiger partial charge < -0.3 is 33.5 Å². The van der Waals surface area contributed by atoms with E-state index < -0.39 is 42.6 Å². The smallest absolute Gasteiger partial charge is 0.226 e. The Kier molecular flexibility index (Phi) is 11.1. The molecule has 0 radical (unpaired) electrons. The van der Waals surface area contributed by atoms with Crippen molar-refractivity contribution in [3.8, 4) is 0 Å². The molecule has 0 aromatic heterocycles. The summed E-state index contributed by atoms with van der Waals surface area (Å²) >= 11 is 0. The third-order valence-corrected chi connectivity index (χ3v) is 9.19. The zero-order valence-electron chi connectivity index (χ0n) is 27.7. The van der Waals surface area contributed by atoms with Crippen LogP contribution in [0.1, 0.15) is 38.9 Å². The number of halogens is 1. The minimum absolute atomic E-state index is 0.0850. The van der Waals surface area contributed by atoms with Crippen molar-refractivity contribution in [2.24, 2.45) is 0 Å². The van der Waals surface area contributed by atoms with Crippen molar-refractivity contribution in [3.05, 3.63) is 178 Å². The van der Waals surface area contributed by atoms with Gasteiger partial charge in [-0.25, -0.2) is 4.39 Å². The largest absolute Gasteiger partial charge is 0.392 e. The molecule has 1 spiro atoms. The van der Waals surface area contributed by atoms with Gasteiger partial charge in [-0.2, -0.15) is 0 Å². The second-order valence-corrected chi connectivity index (χ2v) is 12.6. The number of hydrogen-bond acceptors (Lipinski definition) is 7. The van der Waals surface area contributed by atoms with E-state index >= 15 is 4.39 Å². The van der Waals surface area contributed by atoms with Gasteiger partial charge >= 0.3 is 0 Å². The van der Waals surface area contributed by atoms with Crippen molar-refractivity contribution in [1.82, 2.24) is 0 Å². The Bertz CT molecular complexity index is 1790. The average molecular weight is 677 g/mol. The Morgan fingerprint density at radius 2 is 1.14 bits per heavy atom. The van der Waals surface area contributed by atoms with E-state index in [4.69, 9.17) is 28.4 Å². The summed E-state index contributed by atoms with van der Waals surface area (Å²) in [5.74, 6) is -2.02. The molecule has 0 amide bonds. The van der Waals surface area contributed by atoms with Crippen LogP contribution in [0, 0.1) is 5.82 Å². The Morgan fingerprint density at radius 3 is 1.68 bits per heavy atom. The van der Waals surface area contributed by atoms with Gasteiger partial charge in [-0.05, 0) is 39.9 Å². The number of rotatable bonds is 14. The zero-order chi connectivity index (χ0) is 34.2. The lowest BCUT2D eigenvalue weighted by atomic mass is 9.86. The van der Waals surface area contributed by atoms with E-state index in [0.717, 1.165) is 22.3 Å². The van der Waals surface area contributed by atoms with Crippen LogP contribution in [-0.2, 0) is 73.8 Å². The summed E-state index contributed by atoms with van der Waals surface area (Å²) in [6, 6.07) is 42.7. The van der Waals surface area contributed by atoms with E-state index in [1.165, 1.54) is 6.07 Å². The molecule has 5 aromatic rings. The number of aliphatic hydroxyl groups excluding tert-OH is 1. The number of fused-ring (bicyclic) bond motifs is 2. The minimum Gasteiger partial charge on any atom is -0.392 e. The molecule has 0 bridgehead atoms. The number of benzene rings is 5. The van der Waals surface area contributed by atoms with E-state index in [1.54, 1.807) is 6.07 Å². The first-order chi connectivity index (χ1) is 24.6. The van der Waals surface area contributed by atoms with E-state index in [0.29, 0.717) is 24.3 Å². The van der Waals surface area contributed by atoms with Gasteiger partial charge in [0, 0.05) is 11.1 Å². The predicted molar refractivity (Wildman–Crippen MR) is 185 cm³/mol. The minimum atomic E-state index is -1.52. The molecule has 2 aliphatic rings. The summed E-state index contributed by atoms with van der Waals surface area (Å²) in [6.07, 6.45) is -2.94. The maximum atomic E-state index is 15.0. The summed E-state index contributed by atoms with van der Waals surface area (Å²) < 4.78 is 55.4. The lowest BCUT2D eigenvalue weighted by Crippen LogP contribution is -2.65. The monoisotopic (exact) mass is 676 g/mol. The quantitative estimate of drug-likeness (QED) is 0.132. The van der Waals surface area contributed by atoms with Gasteiger partial charge in [-0.3, -0.25) is 0 Å². The van der Waals surface area contributed by atoms with Gasteiger partial charge in [0.25, 0.3) is 0 Å². The van der Waals surface area contributed by atoms with Crippen LogP contribution < -0.4 is 0 Å². The summed E-state index contributed by atoms with van der Waals surface area (Å²) in [6.45, 7) is 0.917. The molecule has 7 nitrogen and oxygen atoms in total. The van der Waals surface area contributed by atoms with Crippen LogP contribution in [-0.4, -0.2) is 36.1 Å². The highest BCUT2D eigenvalue weighted by Gasteiger charge is 2.61. The second kappa shape index (κ2) is 16.2. The number of ether oxygens (including phenoxy) is 6. The maximum absolute atomic E-state index is 15.0. The Balaban J connectivity index is 1.30. The highest BCUT2D eigenvalue weighted by molar-refractivity contribution is 5.40. The van der Waals surface area contributed by atoms with E-state index in [1.807, 2.05) is 121 Å². The summed E-state index contributed by atoms with van der Waals surface area (Å²) in [5.41, 5.74) is 5.28. The van der Waals surface area contributed by atoms with E-state index in [2.05, 4.69) is 0 Å². The van der Waals surface area contributed by atoms with Gasteiger partial charge in [0.2, 0.25) is 5.79 Å². The van der Waals surface area contributed by atoms with Crippen LogP contribution in [0.25, 0.3) is 0 Å². The first-order valence-corrected chi connectivity index (χ1v) is 17.0. The molecule has 8 heteroatoms. The fraction of sp³-hybridized carbons (Fsp3) is 0.286. The third kappa shape index (κ3) is 7.72. The summed E-state index contributed by atoms with van der Waals surface area (Å²) in [4.78, 5) is 0. The molecular weight excluding hydrogens is 635 g/mol. The van der Waals surface area contributed by atoms with Crippen LogP contribution in [0.3, 0.4) is 0 Å². The second-order valence-electron chi connectivity index (χ2n) is 12.6. The molecule has 5 aromatic carbocycles. The Labute approximate surface area is 292 Å². The fourth-order valence-corrected chi connectivity index (χ4v) is 6.66. The normalized spacial score (nSPS) is 22.8. The van der Waals surface area contributed by atoms with Crippen molar-refractivity contribution < 1.29 is 37.9 Å². The average Bonchev–Trinajstić information content (AvgIpc) is 3.50. The van der Waals surface area contributed by atoms with Crippen LogP contribution in [0.4, 0.5) is 4.39 Å². The molecule has 258 valence electrons. The molecule has 0 unspecified atom stereocenters. The SMILES string of the molecule is OCc1cc2c(cc1F)CO[C@]21O[C@H](COCc2ccccc2)[C@@H](OCc2ccccc2)[C@H](OCc2ccccc2)[C@H]1OCc1ccccc1. The van der Waals surface area contributed by atoms with Crippen molar-refractivity contribution >= 4 is 0 Å². The third-order valence-electron chi connectivity index (χ3n) is 9.19. The highest BCUT2D eigenvalue weighted by Crippen LogP contribution is 2.49. The predicted octanol–water partition coefficient (Wildman–Crippen LogP) is 7.37. The van der Waals surface area contributed by atoms with Crippen molar-refractivity contribution in [2.75, 3.05) is 6.61 Å². The molecular formula is C42H41FO7. The van der Waals surface area contributed by atoms with Gasteiger partial charge in [0.1, 0.15) is 30.2 Å². The zero-order valence-corrected chi connectivity index (χ0v) is 27.7. The van der Waals surface area contributed by atoms with Crippen LogP contribution in [0.15, 0.2) is 133 Å². The summed E-state index contributed by atoms with van der Waals surface area (Å²) in [5, 5.41) is 10.1. The fourth-order valence-electron chi connectivity index (χ4n) is 6.66. The standard InChI is InChI=1S/C42H41FO7/c43-37-22-35-28-49-42(36(35)21-34(37)23-44)41(48-27-33-19-11-4-12-20-33)40(47-26-32-17-9-3-10-18-32)39(46-25-31-15-7-2-8-16-31)38(50-42)29-45-24-30-13-5-1-6-14-30/h1-22,38-41,44H,23-29H2/t38-,39-,40+,41-,42+/m1/s1. The molecule has 1 saturated heterocycles. The van der Waals surface area contributed by atoms with Crippen molar-refractivity contribution in [1.29, 1.82) is 0 Å². The van der Waals surface area contributed by atoms with Crippen LogP contribution >= 0.6 is 0 Å². The van der Waals surface area contributed by atoms with Gasteiger partial charge in [-0.15, -0.1) is 0 Å². The molecule has 2 heterocycles. The molecule has 0 saturated carbocycles. The molecule has 50 heavy (non-hydrogen) atoms. The molecule has 1 N–H and O–H groups in total. The van der Waals surface area contributed by atoms with Crippen molar-refractivity contribution in [2.45, 2.75) is 69.8 Å². The van der Waals surface area contributed by atoms with Crippen LogP contribution in [0.2, 0.25) is 0 Å². The lowest BCUT2D eigenvalue weighted by Gasteiger charge is -2.51. The van der Waals surface area contributed by atoms with Crippen molar-refractivity contribution in [3.63, 3.8) is 0 Å². The lowest BCUT2D eigenvalue weighted by molar-refractivity contribution is -0.387. The Hall–Kier alpha value is -4.25. The number of aliphatic hydroxyl groups is 1. The highest BCUT2D eigenvalue weighted by atomic mass is 19.1. The first kappa shape index (κ1) is 34.2. The van der Waals surface area contributed by atoms with Gasteiger partial charge in [0.05, 0.1) is 46.2 Å². The van der Waals surface area contributed by atoms with E-state index in [-0.39, 0.29) is 32.0 Å². The molecule has 0 aliphatic carbocycles. The van der Waals surface area contributed by atoms with Gasteiger partial charge in [-0.1, -0.05) is 121 Å². The first-order valence-electron chi connectivity index (χ1n) is 17.0. The number of hydrogen-bond donors (Lipinski definition) is 1. The van der Waals surface area contributed by atoms with Crippen LogP contribution in [0.5, 0.6) is 0 Å². The van der Waals surface area contributed by atoms with Gasteiger partial charge in [0.15, 0.2) is 0 Å². The topological polar surface area (TPSA) is 75.6 Å². The molecule has 1 fully saturated rings. The Morgan fingerprint density at radius 1 is 0.640 bits per heavy atom. The molecule has 5 atom stereocenters. The van der Waals surface area contributed by atoms with E-state index in [9.17, 15) is 5.11 Å².